The van der Waals surface area contributed by atoms with Gasteiger partial charge in [0.2, 0.25) is 15.9 Å². The highest BCUT2D eigenvalue weighted by atomic mass is 32.2. The van der Waals surface area contributed by atoms with Crippen LogP contribution in [0.25, 0.3) is 0 Å². The number of amides is 1. The first-order chi connectivity index (χ1) is 13.3. The molecule has 156 valence electrons. The maximum atomic E-state index is 12.2. The Labute approximate surface area is 169 Å². The number of hydrogen-bond acceptors (Lipinski definition) is 4. The normalized spacial score (nSPS) is 22.0. The monoisotopic (exact) mass is 407 g/mol. The number of carbonyl (C=O) groups is 1. The molecule has 2 atom stereocenters. The van der Waals surface area contributed by atoms with Crippen LogP contribution in [-0.2, 0) is 21.2 Å². The van der Waals surface area contributed by atoms with E-state index in [-0.39, 0.29) is 16.8 Å². The number of rotatable bonds is 9. The number of piperidine rings is 1. The molecule has 3 rings (SSSR count). The molecule has 2 fully saturated rings. The molecule has 28 heavy (non-hydrogen) atoms. The van der Waals surface area contributed by atoms with Gasteiger partial charge in [-0.1, -0.05) is 19.1 Å². The molecule has 6 nitrogen and oxygen atoms in total. The molecule has 2 unspecified atom stereocenters. The zero-order valence-corrected chi connectivity index (χ0v) is 17.8. The van der Waals surface area contributed by atoms with Gasteiger partial charge in [-0.15, -0.1) is 0 Å². The summed E-state index contributed by atoms with van der Waals surface area (Å²) in [6, 6.07) is 7.30. The number of sulfonamides is 1. The highest BCUT2D eigenvalue weighted by molar-refractivity contribution is 7.89. The van der Waals surface area contributed by atoms with E-state index in [1.54, 1.807) is 24.3 Å². The lowest BCUT2D eigenvalue weighted by atomic mass is 9.99. The lowest BCUT2D eigenvalue weighted by Crippen LogP contribution is -2.46. The third-order valence-electron chi connectivity index (χ3n) is 5.68. The zero-order chi connectivity index (χ0) is 20.1. The van der Waals surface area contributed by atoms with Crippen molar-refractivity contribution in [1.29, 1.82) is 0 Å². The van der Waals surface area contributed by atoms with Gasteiger partial charge in [0.1, 0.15) is 0 Å². The summed E-state index contributed by atoms with van der Waals surface area (Å²) in [6.07, 6.45) is 5.39. The van der Waals surface area contributed by atoms with Crippen molar-refractivity contribution in [3.63, 3.8) is 0 Å². The van der Waals surface area contributed by atoms with E-state index in [0.717, 1.165) is 37.4 Å². The van der Waals surface area contributed by atoms with Gasteiger partial charge >= 0.3 is 0 Å². The highest BCUT2D eigenvalue weighted by Crippen LogP contribution is 2.22. The molecule has 2 aliphatic rings. The van der Waals surface area contributed by atoms with Crippen molar-refractivity contribution < 1.29 is 13.2 Å². The van der Waals surface area contributed by atoms with Crippen molar-refractivity contribution in [1.82, 2.24) is 14.9 Å². The van der Waals surface area contributed by atoms with E-state index in [9.17, 15) is 13.2 Å². The summed E-state index contributed by atoms with van der Waals surface area (Å²) in [5, 5.41) is 3.04. The second-order valence-electron chi connectivity index (χ2n) is 8.43. The zero-order valence-electron chi connectivity index (χ0n) is 17.0. The molecule has 2 N–H and O–H groups in total. The Balaban J connectivity index is 1.40. The summed E-state index contributed by atoms with van der Waals surface area (Å²) in [4.78, 5) is 14.9. The summed E-state index contributed by atoms with van der Waals surface area (Å²) >= 11 is 0. The number of likely N-dealkylation sites (tertiary alicyclic amines) is 1. The number of hydrogen-bond donors (Lipinski definition) is 2. The molecule has 1 heterocycles. The van der Waals surface area contributed by atoms with Gasteiger partial charge in [0.25, 0.3) is 0 Å². The fraction of sp³-hybridized carbons (Fsp3) is 0.667. The molecule has 1 amide bonds. The largest absolute Gasteiger partial charge is 0.355 e. The summed E-state index contributed by atoms with van der Waals surface area (Å²) in [7, 11) is -3.41. The Bertz CT molecular complexity index is 760. The Kier molecular flexibility index (Phi) is 7.12. The Morgan fingerprint density at radius 2 is 1.93 bits per heavy atom. The first-order valence-electron chi connectivity index (χ1n) is 10.5. The van der Waals surface area contributed by atoms with E-state index in [2.05, 4.69) is 28.8 Å². The fourth-order valence-electron chi connectivity index (χ4n) is 3.69. The van der Waals surface area contributed by atoms with Crippen LogP contribution in [0.15, 0.2) is 29.2 Å². The minimum absolute atomic E-state index is 0.0454. The van der Waals surface area contributed by atoms with Gasteiger partial charge in [0.15, 0.2) is 0 Å². The third kappa shape index (κ3) is 6.29. The summed E-state index contributed by atoms with van der Waals surface area (Å²) in [6.45, 7) is 7.37. The molecule has 0 spiro atoms. The minimum Gasteiger partial charge on any atom is -0.355 e. The Morgan fingerprint density at radius 1 is 1.21 bits per heavy atom. The highest BCUT2D eigenvalue weighted by Gasteiger charge is 2.27. The lowest BCUT2D eigenvalue weighted by molar-refractivity contribution is -0.121. The molecule has 7 heteroatoms. The Morgan fingerprint density at radius 3 is 2.57 bits per heavy atom. The van der Waals surface area contributed by atoms with Crippen molar-refractivity contribution >= 4 is 15.9 Å². The predicted octanol–water partition coefficient (Wildman–Crippen LogP) is 2.30. The van der Waals surface area contributed by atoms with E-state index in [0.29, 0.717) is 25.4 Å². The average molecular weight is 408 g/mol. The number of nitrogens with zero attached hydrogens (tertiary/aromatic N) is 1. The summed E-state index contributed by atoms with van der Waals surface area (Å²) < 4.78 is 27.0. The topological polar surface area (TPSA) is 78.5 Å². The van der Waals surface area contributed by atoms with Gasteiger partial charge < -0.3 is 5.32 Å². The van der Waals surface area contributed by atoms with E-state index in [4.69, 9.17) is 0 Å². The van der Waals surface area contributed by atoms with Crippen LogP contribution < -0.4 is 10.0 Å². The van der Waals surface area contributed by atoms with Gasteiger partial charge in [-0.2, -0.15) is 0 Å². The molecule has 1 saturated carbocycles. The second kappa shape index (κ2) is 9.37. The van der Waals surface area contributed by atoms with Crippen LogP contribution in [0.5, 0.6) is 0 Å². The van der Waals surface area contributed by atoms with Crippen LogP contribution in [0, 0.1) is 5.92 Å². The SMILES string of the molecule is CC1CCCN(C(C)CNC(=O)CCc2ccc(S(=O)(=O)NC3CC3)cc2)C1. The number of aryl methyl sites for hydroxylation is 1. The van der Waals surface area contributed by atoms with Crippen LogP contribution in [0.1, 0.15) is 51.5 Å². The molecule has 0 aromatic heterocycles. The second-order valence-corrected chi connectivity index (χ2v) is 10.1. The van der Waals surface area contributed by atoms with Gasteiger partial charge in [0, 0.05) is 31.6 Å². The van der Waals surface area contributed by atoms with Crippen molar-refractivity contribution in [2.24, 2.45) is 5.92 Å². The molecule has 0 radical (unpaired) electrons. The third-order valence-corrected chi connectivity index (χ3v) is 7.22. The van der Waals surface area contributed by atoms with Crippen LogP contribution >= 0.6 is 0 Å². The molecular weight excluding hydrogens is 374 g/mol. The molecule has 0 bridgehead atoms. The molecule has 1 aliphatic heterocycles. The van der Waals surface area contributed by atoms with Crippen LogP contribution in [0.2, 0.25) is 0 Å². The fourth-order valence-corrected chi connectivity index (χ4v) is 4.99. The van der Waals surface area contributed by atoms with Crippen molar-refractivity contribution in [2.45, 2.75) is 69.4 Å². The maximum absolute atomic E-state index is 12.2. The predicted molar refractivity (Wildman–Crippen MR) is 111 cm³/mol. The Hall–Kier alpha value is -1.44. The van der Waals surface area contributed by atoms with Crippen LogP contribution in [0.3, 0.4) is 0 Å². The standard InChI is InChI=1S/C21H33N3O3S/c1-16-4-3-13-24(15-16)17(2)14-22-21(25)12-7-18-5-10-20(11-6-18)28(26,27)23-19-8-9-19/h5-6,10-11,16-17,19,23H,3-4,7-9,12-15H2,1-2H3,(H,22,25). The van der Waals surface area contributed by atoms with Gasteiger partial charge in [-0.05, 0) is 69.2 Å². The summed E-state index contributed by atoms with van der Waals surface area (Å²) in [5.41, 5.74) is 0.971. The molecule has 1 aromatic carbocycles. The van der Waals surface area contributed by atoms with E-state index < -0.39 is 10.0 Å². The minimum atomic E-state index is -3.41. The van der Waals surface area contributed by atoms with Crippen molar-refractivity contribution in [3.05, 3.63) is 29.8 Å². The smallest absolute Gasteiger partial charge is 0.240 e. The van der Waals surface area contributed by atoms with E-state index in [1.807, 2.05) is 0 Å². The first kappa shape index (κ1) is 21.3. The quantitative estimate of drug-likeness (QED) is 0.658. The van der Waals surface area contributed by atoms with Gasteiger partial charge in [-0.3, -0.25) is 9.69 Å². The van der Waals surface area contributed by atoms with Crippen LogP contribution in [-0.4, -0.2) is 50.9 Å². The van der Waals surface area contributed by atoms with Gasteiger partial charge in [0.05, 0.1) is 4.90 Å². The number of nitrogens with one attached hydrogen (secondary N) is 2. The number of benzene rings is 1. The maximum Gasteiger partial charge on any atom is 0.240 e. The number of carbonyl (C=O) groups excluding carboxylic acids is 1. The van der Waals surface area contributed by atoms with E-state index >= 15 is 0 Å². The molecular formula is C21H33N3O3S. The average Bonchev–Trinajstić information content (AvgIpc) is 3.48. The first-order valence-corrected chi connectivity index (χ1v) is 11.9. The molecule has 1 aliphatic carbocycles. The van der Waals surface area contributed by atoms with Crippen LogP contribution in [0.4, 0.5) is 0 Å². The van der Waals surface area contributed by atoms with Crippen molar-refractivity contribution in [3.8, 4) is 0 Å². The van der Waals surface area contributed by atoms with E-state index in [1.165, 1.54) is 12.8 Å². The lowest BCUT2D eigenvalue weighted by Gasteiger charge is -2.35. The van der Waals surface area contributed by atoms with Gasteiger partial charge in [-0.25, -0.2) is 13.1 Å². The molecule has 1 saturated heterocycles. The summed E-state index contributed by atoms with van der Waals surface area (Å²) in [5.74, 6) is 0.780. The van der Waals surface area contributed by atoms with Crippen molar-refractivity contribution in [2.75, 3.05) is 19.6 Å². The molecule has 1 aromatic rings.